The summed E-state index contributed by atoms with van der Waals surface area (Å²) in [6.07, 6.45) is 15.7. The van der Waals surface area contributed by atoms with Gasteiger partial charge in [0.25, 0.3) is 6.47 Å². The van der Waals surface area contributed by atoms with Gasteiger partial charge in [0.1, 0.15) is 51.8 Å². The number of piperidine rings is 1. The van der Waals surface area contributed by atoms with Crippen molar-refractivity contribution in [3.8, 4) is 41.2 Å². The second kappa shape index (κ2) is 19.7. The number of allylic oxidation sites excluding steroid dienone is 2. The van der Waals surface area contributed by atoms with E-state index >= 15 is 4.39 Å². The van der Waals surface area contributed by atoms with Crippen molar-refractivity contribution in [2.45, 2.75) is 38.8 Å². The molecule has 8 rings (SSSR count). The van der Waals surface area contributed by atoms with Crippen LogP contribution in [0.5, 0.6) is 17.6 Å². The fourth-order valence-electron chi connectivity index (χ4n) is 7.36. The molecule has 1 aliphatic carbocycles. The number of nitrogens with one attached hydrogen (secondary N) is 1. The number of fused-ring (bicyclic) bond motifs is 2. The van der Waals surface area contributed by atoms with Gasteiger partial charge in [-0.25, -0.2) is 26.9 Å². The third-order valence-corrected chi connectivity index (χ3v) is 10.4. The van der Waals surface area contributed by atoms with Gasteiger partial charge < -0.3 is 34.8 Å². The van der Waals surface area contributed by atoms with Gasteiger partial charge in [0.05, 0.1) is 19.3 Å². The van der Waals surface area contributed by atoms with Crippen molar-refractivity contribution in [3.63, 3.8) is 0 Å². The van der Waals surface area contributed by atoms with Crippen LogP contribution in [0.25, 0.3) is 32.9 Å². The number of carboxylic acid groups (broad SMARTS) is 1. The number of benzene rings is 3. The number of anilines is 2. The number of hydrogen-bond donors (Lipinski definition) is 3. The lowest BCUT2D eigenvalue weighted by atomic mass is 9.95. The third-order valence-electron chi connectivity index (χ3n) is 10.4. The van der Waals surface area contributed by atoms with Crippen molar-refractivity contribution < 1.29 is 51.2 Å². The Balaban J connectivity index is 0.000000364. The summed E-state index contributed by atoms with van der Waals surface area (Å²) in [5.41, 5.74) is -0.306. The number of aromatic nitrogens is 3. The lowest BCUT2D eigenvalue weighted by Gasteiger charge is -2.31. The van der Waals surface area contributed by atoms with Crippen molar-refractivity contribution in [1.29, 1.82) is 0 Å². The van der Waals surface area contributed by atoms with E-state index in [4.69, 9.17) is 30.8 Å². The lowest BCUT2D eigenvalue weighted by Crippen LogP contribution is -2.39. The minimum absolute atomic E-state index is 0.00678. The Morgan fingerprint density at radius 1 is 1.00 bits per heavy atom. The maximum absolute atomic E-state index is 16.9. The maximum atomic E-state index is 16.9. The number of carbonyl (C=O) groups excluding carboxylic acids is 1. The van der Waals surface area contributed by atoms with Crippen LogP contribution >= 0.6 is 0 Å². The normalized spacial score (nSPS) is 15.7. The van der Waals surface area contributed by atoms with E-state index in [1.54, 1.807) is 0 Å². The van der Waals surface area contributed by atoms with Crippen LogP contribution in [0, 0.1) is 41.0 Å². The number of halogens is 5. The minimum Gasteiger partial charge on any atom is -0.508 e. The van der Waals surface area contributed by atoms with Crippen molar-refractivity contribution in [2.24, 2.45) is 5.41 Å². The minimum atomic E-state index is -0.829. The van der Waals surface area contributed by atoms with Crippen LogP contribution in [0.4, 0.5) is 33.5 Å². The van der Waals surface area contributed by atoms with Gasteiger partial charge in [-0.15, -0.1) is 6.42 Å². The number of ether oxygens (including phenoxy) is 2. The summed E-state index contributed by atoms with van der Waals surface area (Å²) >= 11 is 0. The van der Waals surface area contributed by atoms with Crippen molar-refractivity contribution >= 4 is 45.6 Å². The van der Waals surface area contributed by atoms with Gasteiger partial charge in [-0.1, -0.05) is 36.3 Å². The van der Waals surface area contributed by atoms with Crippen LogP contribution in [0.3, 0.4) is 0 Å². The zero-order valence-electron chi connectivity index (χ0n) is 33.8. The Bertz CT molecular complexity index is 2540. The molecule has 0 spiro atoms. The van der Waals surface area contributed by atoms with E-state index in [1.807, 2.05) is 29.2 Å². The number of terminal acetylenes is 1. The molecule has 1 saturated heterocycles. The fourth-order valence-corrected chi connectivity index (χ4v) is 7.36. The van der Waals surface area contributed by atoms with E-state index in [0.29, 0.717) is 56.8 Å². The number of nitrogens with zero attached hydrogens (tertiary/aromatic N) is 5. The van der Waals surface area contributed by atoms with Crippen molar-refractivity contribution in [2.75, 3.05) is 56.7 Å². The molecule has 3 N–H and O–H groups in total. The van der Waals surface area contributed by atoms with Gasteiger partial charge in [0, 0.05) is 67.8 Å². The molecule has 1 saturated carbocycles. The van der Waals surface area contributed by atoms with E-state index in [-0.39, 0.29) is 74.2 Å². The van der Waals surface area contributed by atoms with E-state index in [0.717, 1.165) is 37.6 Å². The molecule has 62 heavy (non-hydrogen) atoms. The molecule has 2 aromatic heterocycles. The Labute approximate surface area is 353 Å². The maximum Gasteiger partial charge on any atom is 0.319 e. The SMILES string of the molecule is C#Cc1c(F)ccc2cc(O)cc(-c3nc(OC)c4c(N5CC=CC=CC5)nc(OCC5(CN6CCC(F)CC6)CC5)nc4c3F)c12.CC(=O)Nc1cc(F)cc(F)c1.O=CO. The second-order valence-electron chi connectivity index (χ2n) is 14.9. The topological polar surface area (TPSA) is 150 Å². The van der Waals surface area contributed by atoms with E-state index in [9.17, 15) is 27.5 Å². The highest BCUT2D eigenvalue weighted by molar-refractivity contribution is 6.04. The molecule has 12 nitrogen and oxygen atoms in total. The molecule has 4 heterocycles. The molecular formula is C45H43F5N6O6. The number of amides is 1. The van der Waals surface area contributed by atoms with Crippen molar-refractivity contribution in [3.05, 3.63) is 95.6 Å². The first-order valence-corrected chi connectivity index (χ1v) is 19.5. The number of phenols is 1. The van der Waals surface area contributed by atoms with Crippen LogP contribution in [0.1, 0.15) is 38.2 Å². The largest absolute Gasteiger partial charge is 0.508 e. The first kappa shape index (κ1) is 44.7. The molecule has 0 unspecified atom stereocenters. The highest BCUT2D eigenvalue weighted by Crippen LogP contribution is 2.47. The molecule has 0 radical (unpaired) electrons. The number of pyridine rings is 1. The first-order chi connectivity index (χ1) is 29.8. The van der Waals surface area contributed by atoms with Gasteiger partial charge in [-0.05, 0) is 61.4 Å². The van der Waals surface area contributed by atoms with Gasteiger partial charge in [-0.2, -0.15) is 9.97 Å². The van der Waals surface area contributed by atoms with E-state index in [2.05, 4.69) is 26.1 Å². The summed E-state index contributed by atoms with van der Waals surface area (Å²) < 4.78 is 82.5. The average Bonchev–Trinajstić information content (AvgIpc) is 4.05. The standard InChI is InChI=1S/C36H34F3N5O3.C8H7F2NO.CH2O2/c1-3-25-27(38)9-8-22-18-24(45)19-26(28(22)25)31-30(39)32-29(34(40-31)46-2)33(44-14-6-4-5-7-15-44)42-35(41-32)47-21-36(12-13-36)20-43-16-10-23(37)11-17-43;1-5(12)11-8-3-6(9)2-7(10)4-8;2-1-3/h1,4-9,18-19,23,45H,10-17,20-21H2,2H3;2-4H,1H3,(H,11,12);1H,(H,2,3). The molecule has 0 bridgehead atoms. The molecule has 3 aromatic carbocycles. The highest BCUT2D eigenvalue weighted by atomic mass is 19.1. The monoisotopic (exact) mass is 858 g/mol. The molecule has 2 fully saturated rings. The van der Waals surface area contributed by atoms with Crippen molar-refractivity contribution in [1.82, 2.24) is 19.9 Å². The fraction of sp³-hybridized carbons (Fsp3) is 0.311. The number of alkyl halides is 1. The number of phenolic OH excluding ortho intramolecular Hbond substituents is 1. The number of rotatable bonds is 9. The Morgan fingerprint density at radius 2 is 1.66 bits per heavy atom. The zero-order chi connectivity index (χ0) is 44.6. The second-order valence-corrected chi connectivity index (χ2v) is 14.9. The first-order valence-electron chi connectivity index (χ1n) is 19.5. The Hall–Kier alpha value is -6.80. The highest BCUT2D eigenvalue weighted by Gasteiger charge is 2.45. The van der Waals surface area contributed by atoms with Gasteiger partial charge in [-0.3, -0.25) is 9.59 Å². The quantitative estimate of drug-likeness (QED) is 0.0753. The average molecular weight is 859 g/mol. The van der Waals surface area contributed by atoms with E-state index < -0.39 is 29.4 Å². The molecule has 1 amide bonds. The third kappa shape index (κ3) is 10.6. The van der Waals surface area contributed by atoms with Gasteiger partial charge in [0.2, 0.25) is 11.8 Å². The molecule has 0 atom stereocenters. The van der Waals surface area contributed by atoms with Crippen LogP contribution in [-0.4, -0.2) is 95.1 Å². The number of hydrogen-bond acceptors (Lipinski definition) is 10. The summed E-state index contributed by atoms with van der Waals surface area (Å²) in [6.45, 7) is 4.51. The van der Waals surface area contributed by atoms with Crippen LogP contribution in [0.2, 0.25) is 0 Å². The number of carbonyl (C=O) groups is 2. The molecule has 5 aromatic rings. The summed E-state index contributed by atoms with van der Waals surface area (Å²) in [4.78, 5) is 36.9. The van der Waals surface area contributed by atoms with Gasteiger partial charge >= 0.3 is 6.01 Å². The number of aromatic hydroxyl groups is 1. The van der Waals surface area contributed by atoms with Crippen LogP contribution < -0.4 is 19.7 Å². The van der Waals surface area contributed by atoms with E-state index in [1.165, 1.54) is 38.3 Å². The van der Waals surface area contributed by atoms with Crippen LogP contribution in [0.15, 0.2) is 66.8 Å². The molecule has 324 valence electrons. The summed E-state index contributed by atoms with van der Waals surface area (Å²) in [5.74, 6) is -0.666. The Kier molecular flexibility index (Phi) is 14.2. The Morgan fingerprint density at radius 3 is 2.26 bits per heavy atom. The molecule has 17 heteroatoms. The molecule has 2 aliphatic heterocycles. The molecular weight excluding hydrogens is 816 g/mol. The zero-order valence-corrected chi connectivity index (χ0v) is 33.8. The summed E-state index contributed by atoms with van der Waals surface area (Å²) in [7, 11) is 1.41. The molecule has 3 aliphatic rings. The van der Waals surface area contributed by atoms with Crippen LogP contribution in [-0.2, 0) is 9.59 Å². The van der Waals surface area contributed by atoms with Gasteiger partial charge in [0.15, 0.2) is 5.82 Å². The number of likely N-dealkylation sites (tertiary alicyclic amines) is 1. The predicted octanol–water partition coefficient (Wildman–Crippen LogP) is 7.97. The lowest BCUT2D eigenvalue weighted by molar-refractivity contribution is -0.123. The predicted molar refractivity (Wildman–Crippen MR) is 224 cm³/mol. The summed E-state index contributed by atoms with van der Waals surface area (Å²) in [6, 6.07) is 8.22. The smallest absolute Gasteiger partial charge is 0.319 e. The number of methoxy groups -OCH3 is 1. The summed E-state index contributed by atoms with van der Waals surface area (Å²) in [5, 5.41) is 20.6.